The Bertz CT molecular complexity index is 273. The van der Waals surface area contributed by atoms with Crippen molar-refractivity contribution in [2.45, 2.75) is 50.7 Å². The molecule has 0 spiro atoms. The number of rotatable bonds is 10. The van der Waals surface area contributed by atoms with Crippen molar-refractivity contribution in [1.29, 1.82) is 0 Å². The van der Waals surface area contributed by atoms with Gasteiger partial charge in [0.05, 0.1) is 25.4 Å². The van der Waals surface area contributed by atoms with Crippen LogP contribution < -0.4 is 5.32 Å². The summed E-state index contributed by atoms with van der Waals surface area (Å²) >= 11 is 0. The Morgan fingerprint density at radius 3 is 2.45 bits per heavy atom. The van der Waals surface area contributed by atoms with Gasteiger partial charge < -0.3 is 19.9 Å². The van der Waals surface area contributed by atoms with E-state index in [-0.39, 0.29) is 6.10 Å². The fraction of sp³-hybridized carbons (Fsp3) is 1.00. The van der Waals surface area contributed by atoms with Gasteiger partial charge in [-0.15, -0.1) is 0 Å². The second-order valence-electron chi connectivity index (χ2n) is 6.82. The molecule has 1 heterocycles. The quantitative estimate of drug-likeness (QED) is 0.639. The molecule has 0 aromatic carbocycles. The molecule has 0 bridgehead atoms. The second kappa shape index (κ2) is 7.21. The van der Waals surface area contributed by atoms with Gasteiger partial charge in [-0.3, -0.25) is 0 Å². The summed E-state index contributed by atoms with van der Waals surface area (Å²) in [6, 6.07) is 0. The van der Waals surface area contributed by atoms with Crippen LogP contribution in [0.15, 0.2) is 0 Å². The molecule has 0 radical (unpaired) electrons. The van der Waals surface area contributed by atoms with Crippen molar-refractivity contribution in [1.82, 2.24) is 5.32 Å². The Morgan fingerprint density at radius 2 is 1.85 bits per heavy atom. The maximum absolute atomic E-state index is 9.92. The van der Waals surface area contributed by atoms with Gasteiger partial charge in [0.15, 0.2) is 0 Å². The van der Waals surface area contributed by atoms with E-state index in [0.717, 1.165) is 43.7 Å². The van der Waals surface area contributed by atoms with Crippen molar-refractivity contribution in [2.75, 3.05) is 32.9 Å². The predicted molar refractivity (Wildman–Crippen MR) is 77.6 cm³/mol. The van der Waals surface area contributed by atoms with Gasteiger partial charge in [0.2, 0.25) is 0 Å². The van der Waals surface area contributed by atoms with Crippen molar-refractivity contribution in [3.8, 4) is 0 Å². The molecule has 116 valence electrons. The van der Waals surface area contributed by atoms with E-state index in [9.17, 15) is 5.11 Å². The van der Waals surface area contributed by atoms with Crippen molar-refractivity contribution < 1.29 is 14.6 Å². The fourth-order valence-electron chi connectivity index (χ4n) is 3.35. The summed E-state index contributed by atoms with van der Waals surface area (Å²) in [4.78, 5) is 0. The average Bonchev–Trinajstić information content (AvgIpc) is 3.36. The van der Waals surface area contributed by atoms with Crippen LogP contribution in [-0.2, 0) is 9.47 Å². The van der Waals surface area contributed by atoms with Crippen LogP contribution in [0, 0.1) is 17.8 Å². The Balaban J connectivity index is 1.22. The number of hydrogen-bond donors (Lipinski definition) is 2. The van der Waals surface area contributed by atoms with Crippen LogP contribution >= 0.6 is 0 Å². The van der Waals surface area contributed by atoms with Crippen LogP contribution in [0.25, 0.3) is 0 Å². The van der Waals surface area contributed by atoms with Gasteiger partial charge in [0.1, 0.15) is 0 Å². The lowest BCUT2D eigenvalue weighted by atomic mass is 9.98. The normalized spacial score (nSPS) is 28.2. The Kier molecular flexibility index (Phi) is 5.32. The van der Waals surface area contributed by atoms with Crippen molar-refractivity contribution in [2.24, 2.45) is 17.8 Å². The van der Waals surface area contributed by atoms with Gasteiger partial charge in [-0.25, -0.2) is 0 Å². The van der Waals surface area contributed by atoms with Crippen LogP contribution in [0.4, 0.5) is 0 Å². The molecule has 2 atom stereocenters. The highest BCUT2D eigenvalue weighted by Crippen LogP contribution is 2.48. The van der Waals surface area contributed by atoms with E-state index in [1.165, 1.54) is 25.7 Å². The molecular weight excluding hydrogens is 254 g/mol. The molecule has 2 N–H and O–H groups in total. The van der Waals surface area contributed by atoms with Crippen LogP contribution in [-0.4, -0.2) is 50.2 Å². The minimum atomic E-state index is -0.393. The SMILES string of the molecule is OC(CNCC(C1CC1)C1CC1)COCC1CCCO1. The minimum Gasteiger partial charge on any atom is -0.389 e. The Hall–Kier alpha value is -0.160. The lowest BCUT2D eigenvalue weighted by Crippen LogP contribution is -2.35. The maximum Gasteiger partial charge on any atom is 0.0897 e. The van der Waals surface area contributed by atoms with Crippen LogP contribution in [0.3, 0.4) is 0 Å². The summed E-state index contributed by atoms with van der Waals surface area (Å²) in [6.45, 7) is 3.65. The zero-order valence-corrected chi connectivity index (χ0v) is 12.4. The van der Waals surface area contributed by atoms with Gasteiger partial charge in [-0.05, 0) is 62.8 Å². The molecule has 0 aromatic heterocycles. The summed E-state index contributed by atoms with van der Waals surface area (Å²) < 4.78 is 11.0. The summed E-state index contributed by atoms with van der Waals surface area (Å²) in [5.41, 5.74) is 0. The van der Waals surface area contributed by atoms with E-state index >= 15 is 0 Å². The Labute approximate surface area is 122 Å². The van der Waals surface area contributed by atoms with Gasteiger partial charge >= 0.3 is 0 Å². The van der Waals surface area contributed by atoms with Crippen LogP contribution in [0.2, 0.25) is 0 Å². The molecule has 3 aliphatic rings. The molecular formula is C16H29NO3. The Morgan fingerprint density at radius 1 is 1.10 bits per heavy atom. The number of hydrogen-bond acceptors (Lipinski definition) is 4. The summed E-state index contributed by atoms with van der Waals surface area (Å²) in [6.07, 6.45) is 7.80. The minimum absolute atomic E-state index is 0.254. The van der Waals surface area contributed by atoms with E-state index in [0.29, 0.717) is 19.8 Å². The molecule has 4 heteroatoms. The second-order valence-corrected chi connectivity index (χ2v) is 6.82. The van der Waals surface area contributed by atoms with Crippen LogP contribution in [0.1, 0.15) is 38.5 Å². The summed E-state index contributed by atoms with van der Waals surface area (Å²) in [7, 11) is 0. The van der Waals surface area contributed by atoms with Gasteiger partial charge in [-0.2, -0.15) is 0 Å². The third kappa shape index (κ3) is 4.69. The van der Waals surface area contributed by atoms with E-state index in [2.05, 4.69) is 5.32 Å². The zero-order chi connectivity index (χ0) is 13.8. The van der Waals surface area contributed by atoms with E-state index < -0.39 is 6.10 Å². The van der Waals surface area contributed by atoms with Gasteiger partial charge in [-0.1, -0.05) is 0 Å². The predicted octanol–water partition coefficient (Wildman–Crippen LogP) is 1.57. The molecule has 1 saturated heterocycles. The lowest BCUT2D eigenvalue weighted by Gasteiger charge is -2.18. The fourth-order valence-corrected chi connectivity index (χ4v) is 3.35. The van der Waals surface area contributed by atoms with Crippen molar-refractivity contribution in [3.05, 3.63) is 0 Å². The third-order valence-corrected chi connectivity index (χ3v) is 4.85. The topological polar surface area (TPSA) is 50.7 Å². The number of nitrogens with one attached hydrogen (secondary N) is 1. The van der Waals surface area contributed by atoms with E-state index in [4.69, 9.17) is 9.47 Å². The molecule has 3 fully saturated rings. The highest BCUT2D eigenvalue weighted by atomic mass is 16.5. The van der Waals surface area contributed by atoms with Crippen LogP contribution in [0.5, 0.6) is 0 Å². The summed E-state index contributed by atoms with van der Waals surface area (Å²) in [5.74, 6) is 2.82. The summed E-state index contributed by atoms with van der Waals surface area (Å²) in [5, 5.41) is 13.4. The van der Waals surface area contributed by atoms with Crippen molar-refractivity contribution >= 4 is 0 Å². The maximum atomic E-state index is 9.92. The highest BCUT2D eigenvalue weighted by molar-refractivity contribution is 4.92. The molecule has 3 rings (SSSR count). The average molecular weight is 283 g/mol. The number of aliphatic hydroxyl groups is 1. The lowest BCUT2D eigenvalue weighted by molar-refractivity contribution is -0.0166. The standard InChI is InChI=1S/C16H29NO3/c18-14(10-19-11-15-2-1-7-20-15)8-17-9-16(12-3-4-12)13-5-6-13/h12-18H,1-11H2. The molecule has 2 aliphatic carbocycles. The molecule has 2 saturated carbocycles. The first-order valence-electron chi connectivity index (χ1n) is 8.41. The molecule has 4 nitrogen and oxygen atoms in total. The largest absolute Gasteiger partial charge is 0.389 e. The number of aliphatic hydroxyl groups excluding tert-OH is 1. The van der Waals surface area contributed by atoms with E-state index in [1.807, 2.05) is 0 Å². The number of ether oxygens (including phenoxy) is 2. The third-order valence-electron chi connectivity index (χ3n) is 4.85. The molecule has 0 aromatic rings. The first-order valence-corrected chi connectivity index (χ1v) is 8.41. The molecule has 1 aliphatic heterocycles. The zero-order valence-electron chi connectivity index (χ0n) is 12.4. The van der Waals surface area contributed by atoms with Crippen molar-refractivity contribution in [3.63, 3.8) is 0 Å². The smallest absolute Gasteiger partial charge is 0.0897 e. The molecule has 2 unspecified atom stereocenters. The van der Waals surface area contributed by atoms with Gasteiger partial charge in [0, 0.05) is 13.2 Å². The monoisotopic (exact) mass is 283 g/mol. The van der Waals surface area contributed by atoms with E-state index in [1.54, 1.807) is 0 Å². The van der Waals surface area contributed by atoms with Gasteiger partial charge in [0.25, 0.3) is 0 Å². The first-order chi connectivity index (χ1) is 9.83. The molecule has 0 amide bonds. The first kappa shape index (κ1) is 14.8. The highest BCUT2D eigenvalue weighted by Gasteiger charge is 2.40. The molecule has 20 heavy (non-hydrogen) atoms.